The molecule has 1 amide bonds. The van der Waals surface area contributed by atoms with Crippen molar-refractivity contribution < 1.29 is 62.3 Å². The number of benzene rings is 1. The molecule has 5 rings (SSSR count). The summed E-state index contributed by atoms with van der Waals surface area (Å²) in [5, 5.41) is 68.2. The van der Waals surface area contributed by atoms with Crippen LogP contribution in [0.1, 0.15) is 54.9 Å². The number of hydrogen-bond donors (Lipinski definition) is 8. The number of hydrogen-bond acceptors (Lipinski definition) is 15. The maximum absolute atomic E-state index is 15.7. The lowest BCUT2D eigenvalue weighted by atomic mass is 9.87. The summed E-state index contributed by atoms with van der Waals surface area (Å²) >= 11 is 0.957. The number of thiophene rings is 1. The Bertz CT molecular complexity index is 1820. The Hall–Kier alpha value is -3.96. The topological polar surface area (TPSA) is 232 Å². The van der Waals surface area contributed by atoms with Crippen molar-refractivity contribution in [2.45, 2.75) is 88.8 Å². The van der Waals surface area contributed by atoms with Gasteiger partial charge in [-0.05, 0) is 43.3 Å². The Morgan fingerprint density at radius 3 is 2.48 bits per heavy atom. The summed E-state index contributed by atoms with van der Waals surface area (Å²) in [5.41, 5.74) is -0.430. The summed E-state index contributed by atoms with van der Waals surface area (Å²) in [7, 11) is 1.89. The third-order valence-corrected chi connectivity index (χ3v) is 9.62. The molecule has 0 spiro atoms. The number of nitrogens with one attached hydrogen (secondary N) is 2. The second-order valence-corrected chi connectivity index (χ2v) is 12.8. The molecule has 4 heterocycles. The van der Waals surface area contributed by atoms with Crippen molar-refractivity contribution in [3.63, 3.8) is 0 Å². The molecule has 16 nitrogen and oxygen atoms in total. The Labute approximate surface area is 284 Å². The van der Waals surface area contributed by atoms with Crippen LogP contribution >= 0.6 is 11.3 Å². The summed E-state index contributed by atoms with van der Waals surface area (Å²) in [6.45, 7) is 3.37. The third-order valence-electron chi connectivity index (χ3n) is 8.34. The number of aromatic nitrogens is 4. The average molecular weight is 734 g/mol. The molecule has 1 aliphatic heterocycles. The van der Waals surface area contributed by atoms with Gasteiger partial charge >= 0.3 is 18.4 Å². The van der Waals surface area contributed by atoms with Gasteiger partial charge < -0.3 is 50.5 Å². The zero-order valence-corrected chi connectivity index (χ0v) is 27.5. The van der Waals surface area contributed by atoms with Crippen LogP contribution in [0.15, 0.2) is 28.9 Å². The fourth-order valence-electron chi connectivity index (χ4n) is 6.04. The van der Waals surface area contributed by atoms with Gasteiger partial charge in [0, 0.05) is 12.1 Å². The van der Waals surface area contributed by atoms with Crippen LogP contribution < -0.4 is 15.4 Å². The van der Waals surface area contributed by atoms with E-state index in [9.17, 15) is 33.3 Å². The first kappa shape index (κ1) is 37.3. The van der Waals surface area contributed by atoms with Crippen LogP contribution in [-0.2, 0) is 19.1 Å². The molecular weight excluding hydrogens is 698 g/mol. The first-order valence-corrected chi connectivity index (χ1v) is 16.1. The van der Waals surface area contributed by atoms with Crippen molar-refractivity contribution in [2.75, 3.05) is 12.4 Å². The number of rotatable bonds is 12. The molecule has 1 aromatic carbocycles. The van der Waals surface area contributed by atoms with Gasteiger partial charge in [0.2, 0.25) is 11.7 Å². The van der Waals surface area contributed by atoms with Crippen molar-refractivity contribution in [2.24, 2.45) is 0 Å². The van der Waals surface area contributed by atoms with Gasteiger partial charge in [0.25, 0.3) is 11.8 Å². The van der Waals surface area contributed by atoms with Crippen LogP contribution in [0, 0.1) is 0 Å². The van der Waals surface area contributed by atoms with Gasteiger partial charge in [0.05, 0.1) is 40.5 Å². The number of piperidine rings is 1. The molecule has 0 saturated carbocycles. The first-order valence-electron chi connectivity index (χ1n) is 15.3. The van der Waals surface area contributed by atoms with Crippen molar-refractivity contribution in [1.29, 1.82) is 0 Å². The van der Waals surface area contributed by atoms with Gasteiger partial charge in [0.15, 0.2) is 0 Å². The van der Waals surface area contributed by atoms with Crippen LogP contribution in [0.2, 0.25) is 0 Å². The highest BCUT2D eigenvalue weighted by Gasteiger charge is 2.41. The molecule has 274 valence electrons. The normalized spacial score (nSPS) is 20.7. The smallest absolute Gasteiger partial charge is 0.396 e. The predicted molar refractivity (Wildman–Crippen MR) is 166 cm³/mol. The monoisotopic (exact) mass is 733 g/mol. The maximum Gasteiger partial charge on any atom is 0.454 e. The van der Waals surface area contributed by atoms with E-state index in [-0.39, 0.29) is 44.3 Å². The standard InChI is InChI=1S/C29H35F4N7O9S/c1-4-13-9-18(21(30)19(5-2)39(13)3)35-17-8-6-7-14-15(10-27(31,32)33)23(50-22(14)17)24-36-20(49-38-24)11-34-25(41)16-12-40(28(42,43)44)37-26(16)48-29(45,46)47/h6-8,12-13,18-19,21,35,42-47H,4-5,9-11H2,1-3H3,(H,34,41). The van der Waals surface area contributed by atoms with Gasteiger partial charge in [0.1, 0.15) is 11.7 Å². The fourth-order valence-corrected chi connectivity index (χ4v) is 7.26. The first-order chi connectivity index (χ1) is 23.3. The maximum atomic E-state index is 15.7. The lowest BCUT2D eigenvalue weighted by Crippen LogP contribution is -2.57. The lowest BCUT2D eigenvalue weighted by molar-refractivity contribution is -0.421. The minimum absolute atomic E-state index is 0.0226. The van der Waals surface area contributed by atoms with E-state index < -0.39 is 61.0 Å². The van der Waals surface area contributed by atoms with Crippen molar-refractivity contribution >= 4 is 33.0 Å². The Balaban J connectivity index is 1.43. The molecule has 1 fully saturated rings. The van der Waals surface area contributed by atoms with Crippen molar-refractivity contribution in [3.05, 3.63) is 41.4 Å². The molecule has 8 N–H and O–H groups in total. The number of likely N-dealkylation sites (tertiary alicyclic amines) is 1. The number of alkyl halides is 4. The van der Waals surface area contributed by atoms with Crippen molar-refractivity contribution in [3.8, 4) is 16.6 Å². The molecular formula is C29H35F4N7O9S. The second kappa shape index (κ2) is 14.0. The number of halogens is 4. The quantitative estimate of drug-likeness (QED) is 0.0766. The third kappa shape index (κ3) is 8.15. The molecule has 0 radical (unpaired) electrons. The molecule has 1 saturated heterocycles. The predicted octanol–water partition coefficient (Wildman–Crippen LogP) is 1.71. The fraction of sp³-hybridized carbons (Fsp3) is 0.517. The van der Waals surface area contributed by atoms with Crippen LogP contribution in [0.5, 0.6) is 5.88 Å². The average Bonchev–Trinajstić information content (AvgIpc) is 3.74. The number of carbonyl (C=O) groups excluding carboxylic acids is 1. The highest BCUT2D eigenvalue weighted by Crippen LogP contribution is 2.44. The highest BCUT2D eigenvalue weighted by atomic mass is 32.1. The van der Waals surface area contributed by atoms with Crippen LogP contribution in [0.3, 0.4) is 0 Å². The van der Waals surface area contributed by atoms with E-state index in [0.717, 1.165) is 17.8 Å². The largest absolute Gasteiger partial charge is 0.454 e. The number of anilines is 1. The SMILES string of the molecule is CCC1CC(Nc2cccc3c(CC(F)(F)F)c(-c4noc(CNC(=O)c5cn(C(O)(O)O)nc5OC(O)(O)O)n4)sc23)C(F)C(CC)N1C. The highest BCUT2D eigenvalue weighted by molar-refractivity contribution is 7.23. The van der Waals surface area contributed by atoms with E-state index in [1.54, 1.807) is 12.1 Å². The minimum atomic E-state index is -4.62. The van der Waals surface area contributed by atoms with E-state index in [1.807, 2.05) is 25.8 Å². The molecule has 4 unspecified atom stereocenters. The molecule has 4 aromatic rings. The van der Waals surface area contributed by atoms with E-state index in [0.29, 0.717) is 29.4 Å². The zero-order chi connectivity index (χ0) is 36.8. The van der Waals surface area contributed by atoms with Crippen molar-refractivity contribution in [1.82, 2.24) is 30.1 Å². The molecule has 1 aliphatic rings. The van der Waals surface area contributed by atoms with Gasteiger partial charge in [-0.1, -0.05) is 31.1 Å². The van der Waals surface area contributed by atoms with Crippen LogP contribution in [-0.4, -0.2) is 105 Å². The number of amides is 1. The molecule has 50 heavy (non-hydrogen) atoms. The summed E-state index contributed by atoms with van der Waals surface area (Å²) in [6, 6.07) is 3.96. The summed E-state index contributed by atoms with van der Waals surface area (Å²) in [5.74, 6) is -2.75. The van der Waals surface area contributed by atoms with E-state index in [1.165, 1.54) is 6.07 Å². The van der Waals surface area contributed by atoms with Gasteiger partial charge in [-0.25, -0.2) is 4.39 Å². The van der Waals surface area contributed by atoms with E-state index in [4.69, 9.17) is 19.8 Å². The van der Waals surface area contributed by atoms with Gasteiger partial charge in [-0.3, -0.25) is 9.69 Å². The van der Waals surface area contributed by atoms with Crippen LogP contribution in [0.4, 0.5) is 23.2 Å². The second-order valence-electron chi connectivity index (χ2n) is 11.8. The van der Waals surface area contributed by atoms with E-state index >= 15 is 4.39 Å². The molecule has 4 atom stereocenters. The lowest BCUT2D eigenvalue weighted by Gasteiger charge is -2.45. The van der Waals surface area contributed by atoms with Gasteiger partial charge in [-0.2, -0.15) is 22.8 Å². The minimum Gasteiger partial charge on any atom is -0.396 e. The summed E-state index contributed by atoms with van der Waals surface area (Å²) in [6.07, 6.45) is -12.3. The van der Waals surface area contributed by atoms with E-state index in [2.05, 4.69) is 30.6 Å². The number of carbonyl (C=O) groups is 1. The zero-order valence-electron chi connectivity index (χ0n) is 26.7. The Morgan fingerprint density at radius 2 is 1.86 bits per heavy atom. The number of fused-ring (bicyclic) bond motifs is 1. The molecule has 0 aliphatic carbocycles. The molecule has 3 aromatic heterocycles. The summed E-state index contributed by atoms with van der Waals surface area (Å²) in [4.78, 5) is 19.0. The molecule has 0 bridgehead atoms. The van der Waals surface area contributed by atoms with Gasteiger partial charge in [-0.15, -0.1) is 16.4 Å². The number of ether oxygens (including phenoxy) is 1. The Morgan fingerprint density at radius 1 is 1.14 bits per heavy atom. The molecule has 21 heteroatoms. The summed E-state index contributed by atoms with van der Waals surface area (Å²) < 4.78 is 67.2. The number of nitrogens with zero attached hydrogens (tertiary/aromatic N) is 5. The van der Waals surface area contributed by atoms with Crippen LogP contribution in [0.25, 0.3) is 20.8 Å². The number of aliphatic hydroxyl groups is 6. The Kier molecular flexibility index (Phi) is 10.4.